The summed E-state index contributed by atoms with van der Waals surface area (Å²) in [5, 5.41) is 0. The largest absolute Gasteiger partial charge is 0.330 e. The Morgan fingerprint density at radius 3 is 2.89 bits per heavy atom. The summed E-state index contributed by atoms with van der Waals surface area (Å²) in [6.07, 6.45) is 9.78. The second kappa shape index (κ2) is 5.44. The van der Waals surface area contributed by atoms with E-state index in [-0.39, 0.29) is 5.91 Å². The number of hydrogen-bond donors (Lipinski definition) is 1. The number of allylic oxidation sites excluding steroid dienone is 5. The van der Waals surface area contributed by atoms with Crippen LogP contribution >= 0.6 is 0 Å². The van der Waals surface area contributed by atoms with E-state index in [0.29, 0.717) is 18.4 Å². The Kier molecular flexibility index (Phi) is 3.92. The quantitative estimate of drug-likeness (QED) is 0.825. The Bertz CT molecular complexity index is 467. The van der Waals surface area contributed by atoms with Crippen LogP contribution in [0.1, 0.15) is 26.7 Å². The highest BCUT2D eigenvalue weighted by molar-refractivity contribution is 6.20. The molecule has 0 fully saturated rings. The van der Waals surface area contributed by atoms with E-state index in [4.69, 9.17) is 5.73 Å². The van der Waals surface area contributed by atoms with Gasteiger partial charge in [-0.2, -0.15) is 0 Å². The van der Waals surface area contributed by atoms with Gasteiger partial charge in [0.05, 0.1) is 5.71 Å². The van der Waals surface area contributed by atoms with Gasteiger partial charge < -0.3 is 5.73 Å². The van der Waals surface area contributed by atoms with Crippen molar-refractivity contribution >= 4 is 11.6 Å². The summed E-state index contributed by atoms with van der Waals surface area (Å²) in [5.74, 6) is 0.760. The van der Waals surface area contributed by atoms with Crippen molar-refractivity contribution in [1.82, 2.24) is 0 Å². The maximum Gasteiger partial charge on any atom is 0.270 e. The maximum atomic E-state index is 11.6. The summed E-state index contributed by atoms with van der Waals surface area (Å²) >= 11 is 0. The summed E-state index contributed by atoms with van der Waals surface area (Å²) in [4.78, 5) is 15.6. The topological polar surface area (TPSA) is 55.5 Å². The zero-order valence-corrected chi connectivity index (χ0v) is 11.0. The lowest BCUT2D eigenvalue weighted by molar-refractivity contribution is -0.113. The first-order chi connectivity index (χ1) is 8.60. The van der Waals surface area contributed by atoms with Gasteiger partial charge in [0.1, 0.15) is 0 Å². The van der Waals surface area contributed by atoms with Crippen molar-refractivity contribution in [1.29, 1.82) is 0 Å². The molecule has 0 spiro atoms. The number of hydrogen-bond acceptors (Lipinski definition) is 2. The molecule has 18 heavy (non-hydrogen) atoms. The molecule has 3 nitrogen and oxygen atoms in total. The SMILES string of the molecule is CC(C)CC1=CC(=O)N=C2C=CC(CCN)C=C12. The van der Waals surface area contributed by atoms with Gasteiger partial charge in [-0.05, 0) is 42.9 Å². The third kappa shape index (κ3) is 2.85. The number of carbonyl (C=O) groups is 1. The predicted molar refractivity (Wildman–Crippen MR) is 74.4 cm³/mol. The van der Waals surface area contributed by atoms with Crippen LogP contribution in [-0.2, 0) is 4.79 Å². The summed E-state index contributed by atoms with van der Waals surface area (Å²) in [6.45, 7) is 4.99. The molecule has 0 aromatic rings. The van der Waals surface area contributed by atoms with Gasteiger partial charge in [-0.25, -0.2) is 4.99 Å². The van der Waals surface area contributed by atoms with Crippen LogP contribution in [0.5, 0.6) is 0 Å². The molecule has 1 heterocycles. The Hall–Kier alpha value is -1.48. The molecule has 1 aliphatic heterocycles. The van der Waals surface area contributed by atoms with E-state index < -0.39 is 0 Å². The Balaban J connectivity index is 2.28. The normalized spacial score (nSPS) is 22.6. The van der Waals surface area contributed by atoms with E-state index in [1.807, 2.05) is 6.08 Å². The van der Waals surface area contributed by atoms with Crippen LogP contribution in [-0.4, -0.2) is 18.2 Å². The molecule has 0 saturated heterocycles. The first-order valence-corrected chi connectivity index (χ1v) is 6.54. The van der Waals surface area contributed by atoms with Crippen LogP contribution in [0.15, 0.2) is 40.4 Å². The lowest BCUT2D eigenvalue weighted by atomic mass is 9.84. The van der Waals surface area contributed by atoms with E-state index in [9.17, 15) is 4.79 Å². The summed E-state index contributed by atoms with van der Waals surface area (Å²) in [5.41, 5.74) is 8.66. The van der Waals surface area contributed by atoms with E-state index >= 15 is 0 Å². The zero-order chi connectivity index (χ0) is 13.1. The molecule has 0 radical (unpaired) electrons. The highest BCUT2D eigenvalue weighted by Crippen LogP contribution is 2.29. The molecule has 1 atom stereocenters. The minimum Gasteiger partial charge on any atom is -0.330 e. The molecule has 1 amide bonds. The molecule has 0 aromatic carbocycles. The average molecular weight is 244 g/mol. The maximum absolute atomic E-state index is 11.6. The van der Waals surface area contributed by atoms with Crippen LogP contribution in [0.25, 0.3) is 0 Å². The van der Waals surface area contributed by atoms with Crippen molar-refractivity contribution in [3.05, 3.63) is 35.5 Å². The van der Waals surface area contributed by atoms with Crippen LogP contribution in [0, 0.1) is 11.8 Å². The Labute approximate surface area is 108 Å². The summed E-state index contributed by atoms with van der Waals surface area (Å²) < 4.78 is 0. The van der Waals surface area contributed by atoms with Crippen molar-refractivity contribution < 1.29 is 4.79 Å². The van der Waals surface area contributed by atoms with Gasteiger partial charge in [-0.15, -0.1) is 0 Å². The van der Waals surface area contributed by atoms with Gasteiger partial charge in [0.2, 0.25) is 0 Å². The van der Waals surface area contributed by atoms with E-state index in [0.717, 1.165) is 29.7 Å². The number of fused-ring (bicyclic) bond motifs is 1. The first-order valence-electron chi connectivity index (χ1n) is 6.54. The fourth-order valence-electron chi connectivity index (χ4n) is 2.39. The Morgan fingerprint density at radius 1 is 1.44 bits per heavy atom. The van der Waals surface area contributed by atoms with Gasteiger partial charge in [0.25, 0.3) is 5.91 Å². The fourth-order valence-corrected chi connectivity index (χ4v) is 2.39. The number of carbonyl (C=O) groups excluding carboxylic acids is 1. The van der Waals surface area contributed by atoms with Gasteiger partial charge in [0, 0.05) is 11.6 Å². The van der Waals surface area contributed by atoms with Gasteiger partial charge in [0.15, 0.2) is 0 Å². The summed E-state index contributed by atoms with van der Waals surface area (Å²) in [6, 6.07) is 0. The molecule has 0 aromatic heterocycles. The monoisotopic (exact) mass is 244 g/mol. The van der Waals surface area contributed by atoms with Crippen LogP contribution in [0.4, 0.5) is 0 Å². The molecule has 1 aliphatic carbocycles. The summed E-state index contributed by atoms with van der Waals surface area (Å²) in [7, 11) is 0. The van der Waals surface area contributed by atoms with Crippen LogP contribution in [0.3, 0.4) is 0 Å². The number of aliphatic imine (C=N–C) groups is 1. The van der Waals surface area contributed by atoms with E-state index in [1.165, 1.54) is 0 Å². The minimum atomic E-state index is -0.139. The van der Waals surface area contributed by atoms with Crippen LogP contribution in [0.2, 0.25) is 0 Å². The number of rotatable bonds is 4. The molecule has 2 aliphatic rings. The standard InChI is InChI=1S/C15H20N2O/c1-10(2)7-12-9-15(18)17-14-4-3-11(5-6-16)8-13(12)14/h3-4,8-11H,5-7,16H2,1-2H3. The van der Waals surface area contributed by atoms with E-state index in [2.05, 4.69) is 31.0 Å². The van der Waals surface area contributed by atoms with Crippen molar-refractivity contribution in [2.75, 3.05) is 6.54 Å². The number of amides is 1. The third-order valence-electron chi connectivity index (χ3n) is 3.16. The van der Waals surface area contributed by atoms with Gasteiger partial charge >= 0.3 is 0 Å². The van der Waals surface area contributed by atoms with Crippen LogP contribution < -0.4 is 5.73 Å². The molecule has 1 unspecified atom stereocenters. The lowest BCUT2D eigenvalue weighted by Crippen LogP contribution is -2.18. The zero-order valence-electron chi connectivity index (χ0n) is 11.0. The molecule has 0 bridgehead atoms. The molecule has 3 heteroatoms. The van der Waals surface area contributed by atoms with Crippen molar-refractivity contribution in [3.8, 4) is 0 Å². The fraction of sp³-hybridized carbons (Fsp3) is 0.467. The highest BCUT2D eigenvalue weighted by atomic mass is 16.1. The highest BCUT2D eigenvalue weighted by Gasteiger charge is 2.22. The molecular weight excluding hydrogens is 224 g/mol. The van der Waals surface area contributed by atoms with Crippen molar-refractivity contribution in [3.63, 3.8) is 0 Å². The molecule has 0 saturated carbocycles. The molecule has 2 N–H and O–H groups in total. The first kappa shape index (κ1) is 13.0. The Morgan fingerprint density at radius 2 is 2.22 bits per heavy atom. The molecule has 2 rings (SSSR count). The lowest BCUT2D eigenvalue weighted by Gasteiger charge is -2.22. The van der Waals surface area contributed by atoms with E-state index in [1.54, 1.807) is 6.08 Å². The average Bonchev–Trinajstić information content (AvgIpc) is 2.29. The number of dihydropyridines is 1. The molecular formula is C15H20N2O. The van der Waals surface area contributed by atoms with Crippen molar-refractivity contribution in [2.24, 2.45) is 22.6 Å². The van der Waals surface area contributed by atoms with Gasteiger partial charge in [-0.1, -0.05) is 26.0 Å². The number of nitrogens with zero attached hydrogens (tertiary/aromatic N) is 1. The smallest absolute Gasteiger partial charge is 0.270 e. The van der Waals surface area contributed by atoms with Gasteiger partial charge in [-0.3, -0.25) is 4.79 Å². The molecule has 96 valence electrons. The minimum absolute atomic E-state index is 0.139. The predicted octanol–water partition coefficient (Wildman–Crippen LogP) is 2.40. The number of nitrogens with two attached hydrogens (primary N) is 1. The third-order valence-corrected chi connectivity index (χ3v) is 3.16. The second-order valence-electron chi connectivity index (χ2n) is 5.28. The second-order valence-corrected chi connectivity index (χ2v) is 5.28. The van der Waals surface area contributed by atoms with Crippen molar-refractivity contribution in [2.45, 2.75) is 26.7 Å².